The summed E-state index contributed by atoms with van der Waals surface area (Å²) in [5.74, 6) is 0. The molecule has 1 atom stereocenters. The number of halogens is 3. The maximum absolute atomic E-state index is 11.8. The predicted molar refractivity (Wildman–Crippen MR) is 53.1 cm³/mol. The predicted octanol–water partition coefficient (Wildman–Crippen LogP) is 0.457. The Kier molecular flexibility index (Phi) is 4.11. The molecular weight excluding hydrogens is 261 g/mol. The van der Waals surface area contributed by atoms with Gasteiger partial charge in [0.05, 0.1) is 6.20 Å². The molecule has 1 aromatic heterocycles. The van der Waals surface area contributed by atoms with E-state index in [0.29, 0.717) is 5.56 Å². The lowest BCUT2D eigenvalue weighted by Gasteiger charge is -2.14. The summed E-state index contributed by atoms with van der Waals surface area (Å²) in [5, 5.41) is 6.07. The number of H-pyrrole nitrogens is 1. The number of hydrogen-bond donors (Lipinski definition) is 3. The fourth-order valence-electron chi connectivity index (χ4n) is 1.02. The highest BCUT2D eigenvalue weighted by atomic mass is 32.2. The molecule has 0 aliphatic heterocycles. The minimum Gasteiger partial charge on any atom is -0.285 e. The monoisotopic (exact) mass is 272 g/mol. The Morgan fingerprint density at radius 2 is 2.18 bits per heavy atom. The van der Waals surface area contributed by atoms with Gasteiger partial charge in [-0.1, -0.05) is 0 Å². The van der Waals surface area contributed by atoms with Crippen molar-refractivity contribution >= 4 is 10.2 Å². The van der Waals surface area contributed by atoms with Gasteiger partial charge in [-0.15, -0.1) is 0 Å². The molecule has 0 aliphatic rings. The van der Waals surface area contributed by atoms with Crippen LogP contribution in [-0.2, 0) is 10.2 Å². The summed E-state index contributed by atoms with van der Waals surface area (Å²) in [6.07, 6.45) is -1.78. The van der Waals surface area contributed by atoms with Gasteiger partial charge < -0.3 is 0 Å². The quantitative estimate of drug-likeness (QED) is 0.727. The zero-order chi connectivity index (χ0) is 13.1. The van der Waals surface area contributed by atoms with Crippen LogP contribution in [0.2, 0.25) is 0 Å². The Balaban J connectivity index is 2.55. The number of aromatic nitrogens is 2. The van der Waals surface area contributed by atoms with E-state index in [2.05, 4.69) is 10.2 Å². The molecular formula is C7H11F3N4O2S. The zero-order valence-electron chi connectivity index (χ0n) is 8.75. The second kappa shape index (κ2) is 5.02. The van der Waals surface area contributed by atoms with E-state index in [4.69, 9.17) is 0 Å². The molecule has 17 heavy (non-hydrogen) atoms. The first-order chi connectivity index (χ1) is 7.70. The first kappa shape index (κ1) is 13.9. The van der Waals surface area contributed by atoms with Gasteiger partial charge in [0.15, 0.2) is 0 Å². The summed E-state index contributed by atoms with van der Waals surface area (Å²) in [4.78, 5) is 0. The molecule has 0 fully saturated rings. The van der Waals surface area contributed by atoms with Crippen molar-refractivity contribution in [3.05, 3.63) is 18.0 Å². The van der Waals surface area contributed by atoms with E-state index < -0.39 is 29.0 Å². The van der Waals surface area contributed by atoms with Crippen LogP contribution in [0, 0.1) is 0 Å². The van der Waals surface area contributed by atoms with Gasteiger partial charge in [-0.05, 0) is 6.92 Å². The standard InChI is InChI=1S/C7H11F3N4O2S/c1-5(6-2-11-12-3-6)14-17(15,16)13-4-7(8,9)10/h2-3,5,13-14H,4H2,1H3,(H,11,12). The summed E-state index contributed by atoms with van der Waals surface area (Å²) >= 11 is 0. The molecule has 98 valence electrons. The highest BCUT2D eigenvalue weighted by Crippen LogP contribution is 2.13. The first-order valence-electron chi connectivity index (χ1n) is 4.52. The Morgan fingerprint density at radius 3 is 2.65 bits per heavy atom. The average Bonchev–Trinajstić information content (AvgIpc) is 2.66. The van der Waals surface area contributed by atoms with Crippen LogP contribution >= 0.6 is 0 Å². The Morgan fingerprint density at radius 1 is 1.53 bits per heavy atom. The normalized spacial score (nSPS) is 14.8. The molecule has 1 unspecified atom stereocenters. The van der Waals surface area contributed by atoms with Gasteiger partial charge in [0, 0.05) is 17.8 Å². The molecule has 0 saturated carbocycles. The molecule has 0 aliphatic carbocycles. The van der Waals surface area contributed by atoms with Crippen LogP contribution in [0.3, 0.4) is 0 Å². The molecule has 6 nitrogen and oxygen atoms in total. The van der Waals surface area contributed by atoms with Crippen molar-refractivity contribution in [2.45, 2.75) is 19.1 Å². The second-order valence-corrected chi connectivity index (χ2v) is 4.84. The number of nitrogens with one attached hydrogen (secondary N) is 3. The van der Waals surface area contributed by atoms with Gasteiger partial charge in [0.25, 0.3) is 10.2 Å². The Labute approximate surface area is 95.8 Å². The summed E-state index contributed by atoms with van der Waals surface area (Å²) < 4.78 is 61.4. The molecule has 0 bridgehead atoms. The van der Waals surface area contributed by atoms with Crippen molar-refractivity contribution < 1.29 is 21.6 Å². The summed E-state index contributed by atoms with van der Waals surface area (Å²) in [7, 11) is -4.20. The van der Waals surface area contributed by atoms with Crippen LogP contribution in [0.15, 0.2) is 12.4 Å². The number of aromatic amines is 1. The van der Waals surface area contributed by atoms with Gasteiger partial charge in [-0.2, -0.15) is 36.1 Å². The second-order valence-electron chi connectivity index (χ2n) is 3.31. The maximum Gasteiger partial charge on any atom is 0.402 e. The molecule has 0 radical (unpaired) electrons. The van der Waals surface area contributed by atoms with E-state index in [1.54, 1.807) is 0 Å². The van der Waals surface area contributed by atoms with Crippen LogP contribution in [0.4, 0.5) is 13.2 Å². The number of hydrogen-bond acceptors (Lipinski definition) is 3. The lowest BCUT2D eigenvalue weighted by molar-refractivity contribution is -0.121. The van der Waals surface area contributed by atoms with Gasteiger partial charge in [0.2, 0.25) is 0 Å². The number of rotatable bonds is 5. The Bertz CT molecular complexity index is 442. The van der Waals surface area contributed by atoms with E-state index in [1.165, 1.54) is 24.0 Å². The summed E-state index contributed by atoms with van der Waals surface area (Å²) in [6.45, 7) is -0.127. The molecule has 1 aromatic rings. The van der Waals surface area contributed by atoms with Crippen LogP contribution in [0.25, 0.3) is 0 Å². The fourth-order valence-corrected chi connectivity index (χ4v) is 2.06. The molecule has 0 spiro atoms. The van der Waals surface area contributed by atoms with Crippen molar-refractivity contribution in [3.8, 4) is 0 Å². The lowest BCUT2D eigenvalue weighted by atomic mass is 10.2. The molecule has 1 heterocycles. The third-order valence-electron chi connectivity index (χ3n) is 1.81. The largest absolute Gasteiger partial charge is 0.402 e. The van der Waals surface area contributed by atoms with Crippen LogP contribution in [0.1, 0.15) is 18.5 Å². The smallest absolute Gasteiger partial charge is 0.285 e. The van der Waals surface area contributed by atoms with Crippen LogP contribution in [0.5, 0.6) is 0 Å². The number of alkyl halides is 3. The van der Waals surface area contributed by atoms with Gasteiger partial charge in [0.1, 0.15) is 6.54 Å². The van der Waals surface area contributed by atoms with Gasteiger partial charge >= 0.3 is 6.18 Å². The average molecular weight is 272 g/mol. The van der Waals surface area contributed by atoms with Crippen LogP contribution in [-0.4, -0.2) is 31.3 Å². The summed E-state index contributed by atoms with van der Waals surface area (Å²) in [5.41, 5.74) is 0.516. The number of nitrogens with zero attached hydrogens (tertiary/aromatic N) is 1. The van der Waals surface area contributed by atoms with Crippen molar-refractivity contribution in [3.63, 3.8) is 0 Å². The molecule has 0 saturated heterocycles. The molecule has 0 aromatic carbocycles. The Hall–Kier alpha value is -1.13. The van der Waals surface area contributed by atoms with E-state index in [0.717, 1.165) is 0 Å². The van der Waals surface area contributed by atoms with Crippen LogP contribution < -0.4 is 9.44 Å². The molecule has 3 N–H and O–H groups in total. The minimum atomic E-state index is -4.59. The zero-order valence-corrected chi connectivity index (χ0v) is 9.56. The third-order valence-corrected chi connectivity index (χ3v) is 3.00. The highest BCUT2D eigenvalue weighted by molar-refractivity contribution is 7.87. The van der Waals surface area contributed by atoms with E-state index >= 15 is 0 Å². The SMILES string of the molecule is CC(NS(=O)(=O)NCC(F)(F)F)c1cn[nH]c1. The van der Waals surface area contributed by atoms with Gasteiger partial charge in [-0.3, -0.25) is 5.10 Å². The maximum atomic E-state index is 11.8. The van der Waals surface area contributed by atoms with Gasteiger partial charge in [-0.25, -0.2) is 0 Å². The first-order valence-corrected chi connectivity index (χ1v) is 6.00. The van der Waals surface area contributed by atoms with E-state index in [9.17, 15) is 21.6 Å². The molecule has 1 rings (SSSR count). The topological polar surface area (TPSA) is 86.9 Å². The van der Waals surface area contributed by atoms with Crippen molar-refractivity contribution in [1.29, 1.82) is 0 Å². The van der Waals surface area contributed by atoms with Crippen molar-refractivity contribution in [2.24, 2.45) is 0 Å². The van der Waals surface area contributed by atoms with E-state index in [1.807, 2.05) is 4.72 Å². The highest BCUT2D eigenvalue weighted by Gasteiger charge is 2.29. The minimum absolute atomic E-state index is 0.516. The van der Waals surface area contributed by atoms with E-state index in [-0.39, 0.29) is 0 Å². The molecule has 0 amide bonds. The molecule has 10 heteroatoms. The van der Waals surface area contributed by atoms with Crippen molar-refractivity contribution in [1.82, 2.24) is 19.6 Å². The summed E-state index contributed by atoms with van der Waals surface area (Å²) in [6, 6.07) is -0.681. The third kappa shape index (κ3) is 5.15. The van der Waals surface area contributed by atoms with Crippen molar-refractivity contribution in [2.75, 3.05) is 6.54 Å². The fraction of sp³-hybridized carbons (Fsp3) is 0.571. The lowest BCUT2D eigenvalue weighted by Crippen LogP contribution is -2.42.